The molecule has 5 N–H and O–H groups in total. The Morgan fingerprint density at radius 3 is 2.56 bits per heavy atom. The molecular weight excluding hydrogens is 323 g/mol. The zero-order valence-electron chi connectivity index (χ0n) is 14.8. The van der Waals surface area contributed by atoms with Crippen LogP contribution in [0.4, 0.5) is 4.39 Å². The summed E-state index contributed by atoms with van der Waals surface area (Å²) in [6.07, 6.45) is 1.57. The molecule has 0 aliphatic carbocycles. The van der Waals surface area contributed by atoms with Crippen molar-refractivity contribution in [2.75, 3.05) is 6.54 Å². The lowest BCUT2D eigenvalue weighted by molar-refractivity contribution is -0.121. The van der Waals surface area contributed by atoms with Crippen LogP contribution in [0.2, 0.25) is 0 Å². The third-order valence-electron chi connectivity index (χ3n) is 3.50. The first-order valence-electron chi connectivity index (χ1n) is 8.16. The Balaban J connectivity index is 2.85. The van der Waals surface area contributed by atoms with Crippen LogP contribution in [-0.4, -0.2) is 30.6 Å². The Morgan fingerprint density at radius 1 is 1.36 bits per heavy atom. The van der Waals surface area contributed by atoms with E-state index >= 15 is 0 Å². The maximum atomic E-state index is 14.2. The van der Waals surface area contributed by atoms with Crippen LogP contribution in [0.25, 0.3) is 5.70 Å². The van der Waals surface area contributed by atoms with Crippen LogP contribution in [0, 0.1) is 11.2 Å². The summed E-state index contributed by atoms with van der Waals surface area (Å²) in [7, 11) is 0. The van der Waals surface area contributed by atoms with Gasteiger partial charge < -0.3 is 21.8 Å². The first kappa shape index (κ1) is 20.3. The predicted molar refractivity (Wildman–Crippen MR) is 96.6 cm³/mol. The third kappa shape index (κ3) is 6.02. The molecule has 0 aromatic heterocycles. The van der Waals surface area contributed by atoms with Gasteiger partial charge in [0.25, 0.3) is 5.91 Å². The van der Waals surface area contributed by atoms with Crippen molar-refractivity contribution in [1.29, 1.82) is 5.41 Å². The maximum Gasteiger partial charge on any atom is 0.254 e. The minimum atomic E-state index is -0.621. The number of amides is 2. The van der Waals surface area contributed by atoms with Crippen molar-refractivity contribution in [2.45, 2.75) is 39.7 Å². The number of halogens is 1. The van der Waals surface area contributed by atoms with Crippen LogP contribution in [0.15, 0.2) is 23.8 Å². The molecule has 0 aliphatic rings. The highest BCUT2D eigenvalue weighted by Gasteiger charge is 2.16. The van der Waals surface area contributed by atoms with Gasteiger partial charge in [-0.25, -0.2) is 4.39 Å². The molecule has 0 unspecified atom stereocenters. The number of carbonyl (C=O) groups excluding carboxylic acids is 2. The van der Waals surface area contributed by atoms with Crippen molar-refractivity contribution in [3.63, 3.8) is 0 Å². The van der Waals surface area contributed by atoms with E-state index < -0.39 is 11.7 Å². The standard InChI is InChI=1S/C18H25FN4O2/c1-4-12-5-6-13(15(19)9-12)17(21)14(10-20)18(25)22-8-7-16(24)23-11(2)3/h5-6,9-11,20H,4,7-8,21H2,1-3H3,(H,22,25)(H,23,24)/b17-14+,20-10?. The van der Waals surface area contributed by atoms with Crippen molar-refractivity contribution < 1.29 is 14.0 Å². The van der Waals surface area contributed by atoms with Crippen molar-refractivity contribution in [3.8, 4) is 0 Å². The Bertz CT molecular complexity index is 684. The van der Waals surface area contributed by atoms with Crippen LogP contribution < -0.4 is 16.4 Å². The second-order valence-electron chi connectivity index (χ2n) is 5.87. The van der Waals surface area contributed by atoms with E-state index in [0.29, 0.717) is 6.42 Å². The number of rotatable bonds is 8. The van der Waals surface area contributed by atoms with E-state index in [1.54, 1.807) is 6.07 Å². The fourth-order valence-electron chi connectivity index (χ4n) is 2.19. The summed E-state index contributed by atoms with van der Waals surface area (Å²) in [6, 6.07) is 4.60. The summed E-state index contributed by atoms with van der Waals surface area (Å²) in [5.41, 5.74) is 6.51. The molecule has 1 aromatic carbocycles. The van der Waals surface area contributed by atoms with E-state index in [1.807, 2.05) is 20.8 Å². The van der Waals surface area contributed by atoms with Crippen molar-refractivity contribution >= 4 is 23.7 Å². The highest BCUT2D eigenvalue weighted by molar-refractivity contribution is 6.17. The molecule has 25 heavy (non-hydrogen) atoms. The predicted octanol–water partition coefficient (Wildman–Crippen LogP) is 1.74. The van der Waals surface area contributed by atoms with E-state index in [2.05, 4.69) is 10.6 Å². The topological polar surface area (TPSA) is 108 Å². The van der Waals surface area contributed by atoms with Crippen LogP contribution in [-0.2, 0) is 16.0 Å². The minimum Gasteiger partial charge on any atom is -0.397 e. The van der Waals surface area contributed by atoms with Crippen molar-refractivity contribution in [1.82, 2.24) is 10.6 Å². The first-order chi connectivity index (χ1) is 11.8. The van der Waals surface area contributed by atoms with Crippen LogP contribution in [0.5, 0.6) is 0 Å². The molecule has 1 aromatic rings. The van der Waals surface area contributed by atoms with Gasteiger partial charge in [-0.15, -0.1) is 0 Å². The number of aryl methyl sites for hydroxylation is 1. The second kappa shape index (κ2) is 9.56. The lowest BCUT2D eigenvalue weighted by Gasteiger charge is -2.11. The van der Waals surface area contributed by atoms with E-state index in [-0.39, 0.29) is 41.7 Å². The Morgan fingerprint density at radius 2 is 2.04 bits per heavy atom. The molecule has 0 spiro atoms. The van der Waals surface area contributed by atoms with E-state index in [4.69, 9.17) is 11.1 Å². The van der Waals surface area contributed by atoms with Crippen LogP contribution in [0.1, 0.15) is 38.3 Å². The van der Waals surface area contributed by atoms with Gasteiger partial charge in [-0.05, 0) is 38.0 Å². The van der Waals surface area contributed by atoms with Crippen molar-refractivity contribution in [3.05, 3.63) is 40.7 Å². The Kier molecular flexibility index (Phi) is 7.78. The SMILES string of the molecule is CCc1ccc(/C(N)=C(/C=N)C(=O)NCCC(=O)NC(C)C)c(F)c1. The number of hydrogen-bond acceptors (Lipinski definition) is 4. The molecule has 0 saturated heterocycles. The molecule has 0 bridgehead atoms. The maximum absolute atomic E-state index is 14.2. The van der Waals surface area contributed by atoms with Gasteiger partial charge >= 0.3 is 0 Å². The Labute approximate surface area is 147 Å². The zero-order chi connectivity index (χ0) is 19.0. The third-order valence-corrected chi connectivity index (χ3v) is 3.50. The summed E-state index contributed by atoms with van der Waals surface area (Å²) in [5.74, 6) is -1.35. The van der Waals surface area contributed by atoms with Gasteiger partial charge in [0, 0.05) is 30.8 Å². The van der Waals surface area contributed by atoms with Crippen LogP contribution >= 0.6 is 0 Å². The average Bonchev–Trinajstić information content (AvgIpc) is 2.54. The fourth-order valence-corrected chi connectivity index (χ4v) is 2.19. The molecule has 0 atom stereocenters. The molecule has 0 heterocycles. The van der Waals surface area contributed by atoms with Gasteiger partial charge in [-0.2, -0.15) is 0 Å². The lowest BCUT2D eigenvalue weighted by atomic mass is 10.0. The molecule has 1 rings (SSSR count). The summed E-state index contributed by atoms with van der Waals surface area (Å²) < 4.78 is 14.2. The summed E-state index contributed by atoms with van der Waals surface area (Å²) in [5, 5.41) is 12.6. The number of benzene rings is 1. The largest absolute Gasteiger partial charge is 0.397 e. The van der Waals surface area contributed by atoms with Gasteiger partial charge in [0.15, 0.2) is 0 Å². The number of hydrogen-bond donors (Lipinski definition) is 4. The summed E-state index contributed by atoms with van der Waals surface area (Å²) >= 11 is 0. The van der Waals surface area contributed by atoms with Crippen molar-refractivity contribution in [2.24, 2.45) is 5.73 Å². The average molecular weight is 348 g/mol. The van der Waals surface area contributed by atoms with Gasteiger partial charge in [0.05, 0.1) is 11.3 Å². The highest BCUT2D eigenvalue weighted by atomic mass is 19.1. The molecule has 2 amide bonds. The molecule has 136 valence electrons. The fraction of sp³-hybridized carbons (Fsp3) is 0.389. The number of carbonyl (C=O) groups is 2. The van der Waals surface area contributed by atoms with E-state index in [0.717, 1.165) is 11.8 Å². The molecule has 0 radical (unpaired) electrons. The summed E-state index contributed by atoms with van der Waals surface area (Å²) in [6.45, 7) is 5.68. The Hall–Kier alpha value is -2.70. The minimum absolute atomic E-state index is 0.0185. The van der Waals surface area contributed by atoms with Gasteiger partial charge in [0.2, 0.25) is 5.91 Å². The first-order valence-corrected chi connectivity index (χ1v) is 8.16. The molecule has 6 nitrogen and oxygen atoms in total. The van der Waals surface area contributed by atoms with E-state index in [9.17, 15) is 14.0 Å². The molecular formula is C18H25FN4O2. The van der Waals surface area contributed by atoms with Gasteiger partial charge in [0.1, 0.15) is 5.82 Å². The molecule has 0 aliphatic heterocycles. The zero-order valence-corrected chi connectivity index (χ0v) is 14.8. The summed E-state index contributed by atoms with van der Waals surface area (Å²) in [4.78, 5) is 23.7. The molecule has 7 heteroatoms. The monoisotopic (exact) mass is 348 g/mol. The lowest BCUT2D eigenvalue weighted by Crippen LogP contribution is -2.35. The smallest absolute Gasteiger partial charge is 0.254 e. The second-order valence-corrected chi connectivity index (χ2v) is 5.87. The van der Waals surface area contributed by atoms with Gasteiger partial charge in [-0.1, -0.05) is 13.0 Å². The quantitative estimate of drug-likeness (QED) is 0.424. The van der Waals surface area contributed by atoms with Gasteiger partial charge in [-0.3, -0.25) is 9.59 Å². The van der Waals surface area contributed by atoms with Crippen LogP contribution in [0.3, 0.4) is 0 Å². The molecule has 0 fully saturated rings. The molecule has 0 saturated carbocycles. The number of nitrogens with one attached hydrogen (secondary N) is 3. The highest BCUT2D eigenvalue weighted by Crippen LogP contribution is 2.18. The van der Waals surface area contributed by atoms with E-state index in [1.165, 1.54) is 12.1 Å². The normalized spacial score (nSPS) is 11.7. The number of nitrogens with two attached hydrogens (primary N) is 1.